The summed E-state index contributed by atoms with van der Waals surface area (Å²) >= 11 is 0. The number of nitrogen functional groups attached to an aromatic ring is 1. The Morgan fingerprint density at radius 1 is 1.21 bits per heavy atom. The first-order chi connectivity index (χ1) is 9.22. The summed E-state index contributed by atoms with van der Waals surface area (Å²) in [6.07, 6.45) is 3.42. The van der Waals surface area contributed by atoms with Gasteiger partial charge < -0.3 is 10.6 Å². The maximum Gasteiger partial charge on any atom is 0.143 e. The zero-order valence-corrected chi connectivity index (χ0v) is 10.9. The van der Waals surface area contributed by atoms with Crippen LogP contribution in [0.3, 0.4) is 0 Å². The molecule has 19 heavy (non-hydrogen) atoms. The van der Waals surface area contributed by atoms with Gasteiger partial charge in [-0.2, -0.15) is 0 Å². The van der Waals surface area contributed by atoms with Gasteiger partial charge in [-0.3, -0.25) is 15.4 Å². The van der Waals surface area contributed by atoms with Crippen molar-refractivity contribution in [3.8, 4) is 0 Å². The molecule has 5 heteroatoms. The molecule has 2 heterocycles. The lowest BCUT2D eigenvalue weighted by Crippen LogP contribution is -2.26. The number of aromatic nitrogens is 2. The Bertz CT molecular complexity index is 553. The van der Waals surface area contributed by atoms with Gasteiger partial charge >= 0.3 is 0 Å². The van der Waals surface area contributed by atoms with Gasteiger partial charge in [0.05, 0.1) is 17.9 Å². The molecular weight excluding hydrogens is 238 g/mol. The first-order valence-corrected chi connectivity index (χ1v) is 6.16. The predicted molar refractivity (Wildman–Crippen MR) is 76.2 cm³/mol. The molecule has 2 aromatic heterocycles. The summed E-state index contributed by atoms with van der Waals surface area (Å²) < 4.78 is 0. The molecule has 0 bridgehead atoms. The quantitative estimate of drug-likeness (QED) is 0.630. The molecule has 98 valence electrons. The van der Waals surface area contributed by atoms with Crippen molar-refractivity contribution in [3.05, 3.63) is 54.1 Å². The zero-order valence-electron chi connectivity index (χ0n) is 10.9. The normalized spacial score (nSPS) is 10.2. The van der Waals surface area contributed by atoms with Gasteiger partial charge in [0.25, 0.3) is 0 Å². The van der Waals surface area contributed by atoms with E-state index in [1.807, 2.05) is 30.3 Å². The van der Waals surface area contributed by atoms with E-state index in [4.69, 9.17) is 11.1 Å². The van der Waals surface area contributed by atoms with Gasteiger partial charge in [-0.25, -0.2) is 0 Å². The Morgan fingerprint density at radius 3 is 2.63 bits per heavy atom. The molecule has 3 N–H and O–H groups in total. The summed E-state index contributed by atoms with van der Waals surface area (Å²) in [4.78, 5) is 10.6. The van der Waals surface area contributed by atoms with Crippen LogP contribution in [-0.4, -0.2) is 22.3 Å². The van der Waals surface area contributed by atoms with Crippen molar-refractivity contribution in [1.82, 2.24) is 9.97 Å². The molecule has 0 aliphatic carbocycles. The van der Waals surface area contributed by atoms with Gasteiger partial charge in [0.2, 0.25) is 0 Å². The SMILES string of the molecule is CCN(Cc1ccccn1)c1cccnc1C(=N)N. The standard InChI is InChI=1S/C14H17N5/c1-2-19(10-11-6-3-4-8-17-11)12-7-5-9-18-13(12)14(15)16/h3-9H,2,10H2,1H3,(H3,15,16). The van der Waals surface area contributed by atoms with E-state index in [1.165, 1.54) is 0 Å². The number of nitrogens with two attached hydrogens (primary N) is 1. The number of nitrogens with one attached hydrogen (secondary N) is 1. The minimum Gasteiger partial charge on any atom is -0.382 e. The van der Waals surface area contributed by atoms with Crippen LogP contribution in [0.1, 0.15) is 18.3 Å². The van der Waals surface area contributed by atoms with Gasteiger partial charge in [-0.1, -0.05) is 6.07 Å². The summed E-state index contributed by atoms with van der Waals surface area (Å²) in [6.45, 7) is 3.52. The summed E-state index contributed by atoms with van der Waals surface area (Å²) in [6, 6.07) is 9.61. The molecule has 2 rings (SSSR count). The molecule has 0 radical (unpaired) electrons. The molecule has 0 aliphatic heterocycles. The van der Waals surface area contributed by atoms with Crippen LogP contribution in [-0.2, 0) is 6.54 Å². The third kappa shape index (κ3) is 3.07. The molecule has 0 fully saturated rings. The van der Waals surface area contributed by atoms with Crippen molar-refractivity contribution < 1.29 is 0 Å². The largest absolute Gasteiger partial charge is 0.382 e. The van der Waals surface area contributed by atoms with Crippen LogP contribution >= 0.6 is 0 Å². The van der Waals surface area contributed by atoms with Crippen LogP contribution in [0, 0.1) is 5.41 Å². The van der Waals surface area contributed by atoms with Gasteiger partial charge in [0.1, 0.15) is 11.5 Å². The molecule has 0 spiro atoms. The predicted octanol–water partition coefficient (Wildman–Crippen LogP) is 1.79. The van der Waals surface area contributed by atoms with Crippen LogP contribution in [0.15, 0.2) is 42.7 Å². The first kappa shape index (κ1) is 13.0. The molecule has 0 saturated heterocycles. The van der Waals surface area contributed by atoms with E-state index in [0.717, 1.165) is 17.9 Å². The lowest BCUT2D eigenvalue weighted by atomic mass is 10.2. The summed E-state index contributed by atoms with van der Waals surface area (Å²) in [7, 11) is 0. The van der Waals surface area contributed by atoms with Crippen LogP contribution in [0.5, 0.6) is 0 Å². The average molecular weight is 255 g/mol. The smallest absolute Gasteiger partial charge is 0.143 e. The lowest BCUT2D eigenvalue weighted by Gasteiger charge is -2.24. The molecule has 0 aromatic carbocycles. The summed E-state index contributed by atoms with van der Waals surface area (Å²) in [5, 5.41) is 7.60. The minimum atomic E-state index is -0.0185. The van der Waals surface area contributed by atoms with E-state index in [2.05, 4.69) is 21.8 Å². The highest BCUT2D eigenvalue weighted by Crippen LogP contribution is 2.19. The van der Waals surface area contributed by atoms with E-state index in [0.29, 0.717) is 12.2 Å². The maximum absolute atomic E-state index is 7.60. The molecule has 2 aromatic rings. The molecule has 0 amide bonds. The van der Waals surface area contributed by atoms with Crippen LogP contribution in [0.25, 0.3) is 0 Å². The van der Waals surface area contributed by atoms with Crippen molar-refractivity contribution in [1.29, 1.82) is 5.41 Å². The van der Waals surface area contributed by atoms with E-state index >= 15 is 0 Å². The van der Waals surface area contributed by atoms with E-state index in [-0.39, 0.29) is 5.84 Å². The van der Waals surface area contributed by atoms with E-state index < -0.39 is 0 Å². The van der Waals surface area contributed by atoms with Gasteiger partial charge in [0, 0.05) is 18.9 Å². The highest BCUT2D eigenvalue weighted by atomic mass is 15.1. The fourth-order valence-electron chi connectivity index (χ4n) is 1.91. The van der Waals surface area contributed by atoms with Crippen molar-refractivity contribution in [2.75, 3.05) is 11.4 Å². The number of anilines is 1. The molecule has 0 aliphatic rings. The van der Waals surface area contributed by atoms with Crippen LogP contribution in [0.2, 0.25) is 0 Å². The van der Waals surface area contributed by atoms with Crippen molar-refractivity contribution >= 4 is 11.5 Å². The topological polar surface area (TPSA) is 78.9 Å². The number of amidine groups is 1. The third-order valence-electron chi connectivity index (χ3n) is 2.84. The molecule has 0 saturated carbocycles. The Balaban J connectivity index is 2.30. The van der Waals surface area contributed by atoms with Gasteiger partial charge in [-0.05, 0) is 31.2 Å². The number of rotatable bonds is 5. The fraction of sp³-hybridized carbons (Fsp3) is 0.214. The Hall–Kier alpha value is -2.43. The molecular formula is C14H17N5. The molecule has 0 unspecified atom stereocenters. The lowest BCUT2D eigenvalue weighted by molar-refractivity contribution is 0.805. The van der Waals surface area contributed by atoms with Crippen LogP contribution in [0.4, 0.5) is 5.69 Å². The second kappa shape index (κ2) is 5.95. The van der Waals surface area contributed by atoms with Crippen molar-refractivity contribution in [3.63, 3.8) is 0 Å². The van der Waals surface area contributed by atoms with Crippen molar-refractivity contribution in [2.45, 2.75) is 13.5 Å². The van der Waals surface area contributed by atoms with E-state index in [1.54, 1.807) is 12.4 Å². The summed E-state index contributed by atoms with van der Waals surface area (Å²) in [5.74, 6) is -0.0185. The molecule has 5 nitrogen and oxygen atoms in total. The second-order valence-electron chi connectivity index (χ2n) is 4.12. The van der Waals surface area contributed by atoms with Gasteiger partial charge in [0.15, 0.2) is 0 Å². The van der Waals surface area contributed by atoms with Gasteiger partial charge in [-0.15, -0.1) is 0 Å². The minimum absolute atomic E-state index is 0.0185. The molecule has 0 atom stereocenters. The number of hydrogen-bond acceptors (Lipinski definition) is 4. The average Bonchev–Trinajstić information content (AvgIpc) is 2.46. The monoisotopic (exact) mass is 255 g/mol. The highest BCUT2D eigenvalue weighted by molar-refractivity contribution is 5.98. The van der Waals surface area contributed by atoms with Crippen LogP contribution < -0.4 is 10.6 Å². The number of nitrogens with zero attached hydrogens (tertiary/aromatic N) is 3. The third-order valence-corrected chi connectivity index (χ3v) is 2.84. The number of hydrogen-bond donors (Lipinski definition) is 2. The Kier molecular flexibility index (Phi) is 4.07. The Labute approximate surface area is 112 Å². The highest BCUT2D eigenvalue weighted by Gasteiger charge is 2.13. The maximum atomic E-state index is 7.60. The fourth-order valence-corrected chi connectivity index (χ4v) is 1.91. The zero-order chi connectivity index (χ0) is 13.7. The number of pyridine rings is 2. The van der Waals surface area contributed by atoms with E-state index in [9.17, 15) is 0 Å². The Morgan fingerprint density at radius 2 is 2.00 bits per heavy atom. The summed E-state index contributed by atoms with van der Waals surface area (Å²) in [5.41, 5.74) is 7.93. The van der Waals surface area contributed by atoms with Crippen molar-refractivity contribution in [2.24, 2.45) is 5.73 Å². The first-order valence-electron chi connectivity index (χ1n) is 6.16. The second-order valence-corrected chi connectivity index (χ2v) is 4.12.